The van der Waals surface area contributed by atoms with E-state index in [0.717, 1.165) is 49.9 Å². The van der Waals surface area contributed by atoms with Gasteiger partial charge in [-0.15, -0.1) is 24.0 Å². The lowest BCUT2D eigenvalue weighted by Gasteiger charge is -2.12. The molecule has 0 aliphatic carbocycles. The highest BCUT2D eigenvalue weighted by Crippen LogP contribution is 2.04. The van der Waals surface area contributed by atoms with Gasteiger partial charge in [-0.25, -0.2) is 9.38 Å². The molecule has 0 amide bonds. The zero-order valence-corrected chi connectivity index (χ0v) is 17.4. The third-order valence-electron chi connectivity index (χ3n) is 3.54. The molecular formula is C19H27FIN3O2. The fourth-order valence-electron chi connectivity index (χ4n) is 2.22. The minimum absolute atomic E-state index is 0. The number of ether oxygens (including phenoxy) is 1. The number of nitrogens with one attached hydrogen (secondary N) is 2. The Morgan fingerprint density at radius 3 is 2.62 bits per heavy atom. The van der Waals surface area contributed by atoms with Crippen molar-refractivity contribution in [2.75, 3.05) is 26.3 Å². The van der Waals surface area contributed by atoms with E-state index in [1.165, 1.54) is 12.1 Å². The van der Waals surface area contributed by atoms with Crippen LogP contribution in [-0.4, -0.2) is 32.3 Å². The van der Waals surface area contributed by atoms with Gasteiger partial charge in [0.15, 0.2) is 5.96 Å². The van der Waals surface area contributed by atoms with E-state index >= 15 is 0 Å². The standard InChI is InChI=1S/C19H26FN3O2.HI/c1-2-24-13-4-11-21-19(22-12-10-18-5-3-14-25-18)23-15-16-6-8-17(20)9-7-16;/h3,5-9,14H,2,4,10-13,15H2,1H3,(H2,21,22,23);1H. The molecule has 0 radical (unpaired) electrons. The van der Waals surface area contributed by atoms with Gasteiger partial charge in [-0.1, -0.05) is 12.1 Å². The number of guanidine groups is 1. The molecule has 144 valence electrons. The van der Waals surface area contributed by atoms with Gasteiger partial charge in [0, 0.05) is 32.7 Å². The number of aliphatic imine (C=N–C) groups is 1. The number of nitrogens with zero attached hydrogens (tertiary/aromatic N) is 1. The molecule has 1 heterocycles. The summed E-state index contributed by atoms with van der Waals surface area (Å²) in [6.45, 7) is 5.42. The number of rotatable bonds is 10. The predicted octanol–water partition coefficient (Wildman–Crippen LogP) is 3.74. The van der Waals surface area contributed by atoms with Crippen molar-refractivity contribution in [2.24, 2.45) is 4.99 Å². The number of furan rings is 1. The molecule has 0 saturated carbocycles. The minimum atomic E-state index is -0.237. The van der Waals surface area contributed by atoms with E-state index in [0.29, 0.717) is 13.1 Å². The molecule has 2 N–H and O–H groups in total. The van der Waals surface area contributed by atoms with Crippen LogP contribution in [0.3, 0.4) is 0 Å². The van der Waals surface area contributed by atoms with Crippen LogP contribution in [0.2, 0.25) is 0 Å². The highest BCUT2D eigenvalue weighted by Gasteiger charge is 2.01. The van der Waals surface area contributed by atoms with E-state index in [2.05, 4.69) is 15.6 Å². The molecule has 1 aromatic carbocycles. The lowest BCUT2D eigenvalue weighted by Crippen LogP contribution is -2.39. The van der Waals surface area contributed by atoms with Crippen LogP contribution in [0.25, 0.3) is 0 Å². The van der Waals surface area contributed by atoms with Crippen molar-refractivity contribution in [2.45, 2.75) is 26.3 Å². The molecule has 0 bridgehead atoms. The maximum atomic E-state index is 13.0. The Bertz CT molecular complexity index is 618. The Hall–Kier alpha value is -1.61. The average molecular weight is 475 g/mol. The van der Waals surface area contributed by atoms with E-state index in [4.69, 9.17) is 9.15 Å². The van der Waals surface area contributed by atoms with E-state index in [-0.39, 0.29) is 29.8 Å². The summed E-state index contributed by atoms with van der Waals surface area (Å²) in [6, 6.07) is 10.2. The number of benzene rings is 1. The van der Waals surface area contributed by atoms with E-state index in [1.54, 1.807) is 18.4 Å². The van der Waals surface area contributed by atoms with Crippen LogP contribution in [0.5, 0.6) is 0 Å². The third kappa shape index (κ3) is 9.19. The Balaban J connectivity index is 0.00000338. The smallest absolute Gasteiger partial charge is 0.191 e. The van der Waals surface area contributed by atoms with E-state index in [9.17, 15) is 4.39 Å². The Labute approximate surface area is 171 Å². The van der Waals surface area contributed by atoms with Gasteiger partial charge in [-0.2, -0.15) is 0 Å². The second-order valence-corrected chi connectivity index (χ2v) is 5.52. The SMILES string of the molecule is CCOCCCNC(=NCc1ccc(F)cc1)NCCc1ccco1.I. The second kappa shape index (κ2) is 13.6. The first-order valence-corrected chi connectivity index (χ1v) is 8.64. The summed E-state index contributed by atoms with van der Waals surface area (Å²) in [7, 11) is 0. The van der Waals surface area contributed by atoms with Crippen molar-refractivity contribution in [1.29, 1.82) is 0 Å². The number of hydrogen-bond donors (Lipinski definition) is 2. The Kier molecular flexibility index (Phi) is 11.7. The van der Waals surface area contributed by atoms with Crippen LogP contribution < -0.4 is 10.6 Å². The van der Waals surface area contributed by atoms with Crippen LogP contribution in [0.4, 0.5) is 4.39 Å². The van der Waals surface area contributed by atoms with Gasteiger partial charge in [0.05, 0.1) is 12.8 Å². The van der Waals surface area contributed by atoms with Gasteiger partial charge in [0.25, 0.3) is 0 Å². The van der Waals surface area contributed by atoms with Crippen LogP contribution in [0, 0.1) is 5.82 Å². The van der Waals surface area contributed by atoms with Crippen molar-refractivity contribution in [3.8, 4) is 0 Å². The normalized spacial score (nSPS) is 11.1. The van der Waals surface area contributed by atoms with Crippen molar-refractivity contribution in [1.82, 2.24) is 10.6 Å². The first-order chi connectivity index (χ1) is 12.3. The molecule has 0 unspecified atom stereocenters. The highest BCUT2D eigenvalue weighted by molar-refractivity contribution is 14.0. The van der Waals surface area contributed by atoms with Gasteiger partial charge in [0.1, 0.15) is 11.6 Å². The maximum absolute atomic E-state index is 13.0. The Morgan fingerprint density at radius 2 is 1.92 bits per heavy atom. The molecule has 1 aromatic heterocycles. The van der Waals surface area contributed by atoms with E-state index < -0.39 is 0 Å². The van der Waals surface area contributed by atoms with Crippen molar-refractivity contribution in [3.05, 3.63) is 59.8 Å². The lowest BCUT2D eigenvalue weighted by atomic mass is 10.2. The monoisotopic (exact) mass is 475 g/mol. The van der Waals surface area contributed by atoms with Gasteiger partial charge in [-0.3, -0.25) is 0 Å². The van der Waals surface area contributed by atoms with Gasteiger partial charge >= 0.3 is 0 Å². The zero-order valence-electron chi connectivity index (χ0n) is 15.0. The number of hydrogen-bond acceptors (Lipinski definition) is 3. The molecule has 26 heavy (non-hydrogen) atoms. The quantitative estimate of drug-likeness (QED) is 0.238. The van der Waals surface area contributed by atoms with Crippen LogP contribution in [0.1, 0.15) is 24.7 Å². The van der Waals surface area contributed by atoms with Gasteiger partial charge in [-0.05, 0) is 43.2 Å². The fraction of sp³-hybridized carbons (Fsp3) is 0.421. The molecule has 5 nitrogen and oxygen atoms in total. The topological polar surface area (TPSA) is 58.8 Å². The van der Waals surface area contributed by atoms with Crippen molar-refractivity contribution in [3.63, 3.8) is 0 Å². The van der Waals surface area contributed by atoms with E-state index in [1.807, 2.05) is 19.1 Å². The summed E-state index contributed by atoms with van der Waals surface area (Å²) in [5.74, 6) is 1.42. The molecule has 2 aromatic rings. The summed E-state index contributed by atoms with van der Waals surface area (Å²) in [4.78, 5) is 4.56. The molecule has 0 atom stereocenters. The first kappa shape index (κ1) is 22.4. The minimum Gasteiger partial charge on any atom is -0.469 e. The number of halogens is 2. The molecule has 0 spiro atoms. The lowest BCUT2D eigenvalue weighted by molar-refractivity contribution is 0.145. The molecule has 0 aliphatic rings. The van der Waals surface area contributed by atoms with Crippen molar-refractivity contribution < 1.29 is 13.5 Å². The summed E-state index contributed by atoms with van der Waals surface area (Å²) in [6.07, 6.45) is 3.36. The molecule has 0 aliphatic heterocycles. The van der Waals surface area contributed by atoms with Crippen LogP contribution in [-0.2, 0) is 17.7 Å². The molecule has 0 saturated heterocycles. The van der Waals surface area contributed by atoms with Gasteiger partial charge < -0.3 is 19.8 Å². The van der Waals surface area contributed by atoms with Crippen LogP contribution in [0.15, 0.2) is 52.1 Å². The molecule has 7 heteroatoms. The molecular weight excluding hydrogens is 448 g/mol. The maximum Gasteiger partial charge on any atom is 0.191 e. The fourth-order valence-corrected chi connectivity index (χ4v) is 2.22. The second-order valence-electron chi connectivity index (χ2n) is 5.52. The largest absolute Gasteiger partial charge is 0.469 e. The Morgan fingerprint density at radius 1 is 1.15 bits per heavy atom. The van der Waals surface area contributed by atoms with Crippen LogP contribution >= 0.6 is 24.0 Å². The summed E-state index contributed by atoms with van der Waals surface area (Å²) in [5, 5.41) is 6.59. The molecule has 0 fully saturated rings. The average Bonchev–Trinajstić information content (AvgIpc) is 3.13. The predicted molar refractivity (Wildman–Crippen MR) is 112 cm³/mol. The summed E-state index contributed by atoms with van der Waals surface area (Å²) >= 11 is 0. The molecule has 2 rings (SSSR count). The third-order valence-corrected chi connectivity index (χ3v) is 3.54. The summed E-state index contributed by atoms with van der Waals surface area (Å²) < 4.78 is 23.6. The zero-order chi connectivity index (χ0) is 17.7. The summed E-state index contributed by atoms with van der Waals surface area (Å²) in [5.41, 5.74) is 0.961. The van der Waals surface area contributed by atoms with Gasteiger partial charge in [0.2, 0.25) is 0 Å². The highest BCUT2D eigenvalue weighted by atomic mass is 127. The van der Waals surface area contributed by atoms with Crippen molar-refractivity contribution >= 4 is 29.9 Å². The first-order valence-electron chi connectivity index (χ1n) is 8.64.